The Morgan fingerprint density at radius 3 is 2.83 bits per heavy atom. The summed E-state index contributed by atoms with van der Waals surface area (Å²) in [6.07, 6.45) is 2.76. The smallest absolute Gasteiger partial charge is 0.381 e. The van der Waals surface area contributed by atoms with Crippen LogP contribution < -0.4 is 15.4 Å². The maximum Gasteiger partial charge on any atom is 0.414 e. The number of benzene rings is 1. The molecule has 3 aromatic heterocycles. The second-order valence-corrected chi connectivity index (χ2v) is 7.77. The van der Waals surface area contributed by atoms with Gasteiger partial charge in [-0.05, 0) is 23.8 Å². The van der Waals surface area contributed by atoms with Gasteiger partial charge in [-0.1, -0.05) is 40.9 Å². The third-order valence-corrected chi connectivity index (χ3v) is 5.47. The van der Waals surface area contributed by atoms with Gasteiger partial charge in [0.05, 0.1) is 22.3 Å². The van der Waals surface area contributed by atoms with Gasteiger partial charge in [0.2, 0.25) is 5.91 Å². The van der Waals surface area contributed by atoms with Gasteiger partial charge in [0.25, 0.3) is 5.19 Å². The average Bonchev–Trinajstić information content (AvgIpc) is 3.33. The van der Waals surface area contributed by atoms with Gasteiger partial charge in [-0.2, -0.15) is 0 Å². The van der Waals surface area contributed by atoms with E-state index < -0.39 is 6.09 Å². The van der Waals surface area contributed by atoms with Crippen molar-refractivity contribution in [3.05, 3.63) is 65.4 Å². The van der Waals surface area contributed by atoms with Gasteiger partial charge < -0.3 is 15.4 Å². The molecule has 0 unspecified atom stereocenters. The summed E-state index contributed by atoms with van der Waals surface area (Å²) in [5, 5.41) is 7.80. The van der Waals surface area contributed by atoms with Crippen molar-refractivity contribution in [2.24, 2.45) is 0 Å². The fourth-order valence-electron chi connectivity index (χ4n) is 2.46. The zero-order chi connectivity index (χ0) is 20.1. The number of amides is 2. The first kappa shape index (κ1) is 19.0. The Kier molecular flexibility index (Phi) is 5.73. The Hall–Kier alpha value is -3.37. The number of ether oxygens (including phenoxy) is 1. The first-order valence-corrected chi connectivity index (χ1v) is 10.3. The lowest BCUT2D eigenvalue weighted by molar-refractivity contribution is -0.115. The van der Waals surface area contributed by atoms with Crippen molar-refractivity contribution in [3.63, 3.8) is 0 Å². The molecule has 2 amide bonds. The molecule has 1 aromatic carbocycles. The molecule has 2 N–H and O–H groups in total. The van der Waals surface area contributed by atoms with Crippen LogP contribution in [0.25, 0.3) is 10.2 Å². The second kappa shape index (κ2) is 8.76. The highest BCUT2D eigenvalue weighted by molar-refractivity contribution is 7.22. The molecule has 0 spiro atoms. The van der Waals surface area contributed by atoms with Crippen molar-refractivity contribution in [1.29, 1.82) is 0 Å². The predicted octanol–water partition coefficient (Wildman–Crippen LogP) is 3.62. The molecule has 0 aliphatic heterocycles. The van der Waals surface area contributed by atoms with E-state index in [1.807, 2.05) is 30.3 Å². The van der Waals surface area contributed by atoms with Crippen LogP contribution >= 0.6 is 22.7 Å². The summed E-state index contributed by atoms with van der Waals surface area (Å²) in [5.41, 5.74) is 2.22. The monoisotopic (exact) mass is 425 g/mol. The van der Waals surface area contributed by atoms with Gasteiger partial charge in [0, 0.05) is 24.3 Å². The van der Waals surface area contributed by atoms with Gasteiger partial charge in [-0.15, -0.1) is 0 Å². The zero-order valence-electron chi connectivity index (χ0n) is 15.0. The number of carbonyl (C=O) groups excluding carboxylic acids is 2. The first-order valence-electron chi connectivity index (χ1n) is 8.60. The number of nitrogens with zero attached hydrogens (tertiary/aromatic N) is 3. The first-order chi connectivity index (χ1) is 14.2. The average molecular weight is 425 g/mol. The van der Waals surface area contributed by atoms with E-state index in [0.29, 0.717) is 17.4 Å². The van der Waals surface area contributed by atoms with Crippen molar-refractivity contribution in [1.82, 2.24) is 20.3 Å². The lowest BCUT2D eigenvalue weighted by Crippen LogP contribution is -2.26. The molecule has 8 nitrogen and oxygen atoms in total. The number of hydrogen-bond acceptors (Lipinski definition) is 8. The normalized spacial score (nSPS) is 10.6. The molecule has 146 valence electrons. The summed E-state index contributed by atoms with van der Waals surface area (Å²) in [6, 6.07) is 11.3. The zero-order valence-corrected chi connectivity index (χ0v) is 16.6. The topological polar surface area (TPSA) is 106 Å². The number of fused-ring (bicyclic) bond motifs is 1. The fourth-order valence-corrected chi connectivity index (χ4v) is 4.01. The largest absolute Gasteiger partial charge is 0.414 e. The number of pyridine rings is 1. The molecule has 29 heavy (non-hydrogen) atoms. The number of hydrogen-bond donors (Lipinski definition) is 2. The molecule has 0 radical (unpaired) electrons. The maximum atomic E-state index is 12.2. The van der Waals surface area contributed by atoms with Crippen LogP contribution in [0.4, 0.5) is 9.93 Å². The van der Waals surface area contributed by atoms with Crippen LogP contribution in [-0.2, 0) is 17.8 Å². The standard InChI is InChI=1S/C19H15N5O3S2/c25-16(24-17-23-14-5-1-2-6-15(14)29-17)8-13-11-28-19(22-13)27-18(26)21-10-12-4-3-7-20-9-12/h1-7,9,11H,8,10H2,(H,21,26)(H,23,24,25). The number of anilines is 1. The van der Waals surface area contributed by atoms with E-state index in [9.17, 15) is 9.59 Å². The van der Waals surface area contributed by atoms with Gasteiger partial charge in [-0.25, -0.2) is 14.8 Å². The van der Waals surface area contributed by atoms with Gasteiger partial charge >= 0.3 is 6.09 Å². The van der Waals surface area contributed by atoms with Crippen LogP contribution in [0, 0.1) is 0 Å². The summed E-state index contributed by atoms with van der Waals surface area (Å²) in [7, 11) is 0. The molecule has 0 saturated carbocycles. The van der Waals surface area contributed by atoms with Crippen molar-refractivity contribution < 1.29 is 14.3 Å². The second-order valence-electron chi connectivity index (χ2n) is 5.92. The van der Waals surface area contributed by atoms with E-state index in [1.165, 1.54) is 11.3 Å². The molecule has 0 fully saturated rings. The highest BCUT2D eigenvalue weighted by Crippen LogP contribution is 2.25. The maximum absolute atomic E-state index is 12.2. The molecule has 4 rings (SSSR count). The van der Waals surface area contributed by atoms with Gasteiger partial charge in [0.1, 0.15) is 0 Å². The number of para-hydroxylation sites is 1. The van der Waals surface area contributed by atoms with Crippen molar-refractivity contribution >= 4 is 50.0 Å². The highest BCUT2D eigenvalue weighted by atomic mass is 32.1. The molecule has 0 bridgehead atoms. The van der Waals surface area contributed by atoms with Gasteiger partial charge in [0.15, 0.2) is 5.13 Å². The summed E-state index contributed by atoms with van der Waals surface area (Å²) in [4.78, 5) is 36.6. The number of nitrogens with one attached hydrogen (secondary N) is 2. The molecule has 0 saturated heterocycles. The van der Waals surface area contributed by atoms with E-state index in [0.717, 1.165) is 27.1 Å². The van der Waals surface area contributed by atoms with Crippen LogP contribution in [0.15, 0.2) is 54.2 Å². The van der Waals surface area contributed by atoms with E-state index in [2.05, 4.69) is 25.6 Å². The number of aromatic nitrogens is 3. The summed E-state index contributed by atoms with van der Waals surface area (Å²) in [5.74, 6) is -0.234. The Balaban J connectivity index is 1.28. The molecule has 0 aliphatic rings. The van der Waals surface area contributed by atoms with E-state index >= 15 is 0 Å². The molecular formula is C19H15N5O3S2. The minimum absolute atomic E-state index is 0.0626. The Labute approximate surface area is 173 Å². The molecule has 10 heteroatoms. The van der Waals surface area contributed by atoms with Crippen molar-refractivity contribution in [3.8, 4) is 5.19 Å². The lowest BCUT2D eigenvalue weighted by Gasteiger charge is -2.03. The van der Waals surface area contributed by atoms with E-state index in [4.69, 9.17) is 4.74 Å². The van der Waals surface area contributed by atoms with E-state index in [1.54, 1.807) is 23.8 Å². The fraction of sp³-hybridized carbons (Fsp3) is 0.105. The van der Waals surface area contributed by atoms with Crippen LogP contribution in [-0.4, -0.2) is 27.0 Å². The quantitative estimate of drug-likeness (QED) is 0.489. The van der Waals surface area contributed by atoms with Crippen LogP contribution in [0.1, 0.15) is 11.3 Å². The Morgan fingerprint density at radius 1 is 1.10 bits per heavy atom. The molecule has 3 heterocycles. The summed E-state index contributed by atoms with van der Waals surface area (Å²) >= 11 is 2.56. The summed E-state index contributed by atoms with van der Waals surface area (Å²) in [6.45, 7) is 0.301. The number of thiazole rings is 2. The highest BCUT2D eigenvalue weighted by Gasteiger charge is 2.13. The van der Waals surface area contributed by atoms with Crippen LogP contribution in [0.5, 0.6) is 5.19 Å². The van der Waals surface area contributed by atoms with Gasteiger partial charge in [-0.3, -0.25) is 9.78 Å². The SMILES string of the molecule is O=C(Cc1csc(OC(=O)NCc2cccnc2)n1)Nc1nc2ccccc2s1. The molecular weight excluding hydrogens is 410 g/mol. The minimum atomic E-state index is -0.617. The predicted molar refractivity (Wildman–Crippen MR) is 111 cm³/mol. The molecule has 0 aliphatic carbocycles. The van der Waals surface area contributed by atoms with Crippen LogP contribution in [0.3, 0.4) is 0 Å². The Bertz CT molecular complexity index is 1110. The van der Waals surface area contributed by atoms with Crippen LogP contribution in [0.2, 0.25) is 0 Å². The molecule has 4 aromatic rings. The third-order valence-electron chi connectivity index (χ3n) is 3.75. The lowest BCUT2D eigenvalue weighted by atomic mass is 10.3. The minimum Gasteiger partial charge on any atom is -0.381 e. The number of rotatable bonds is 6. The number of carbonyl (C=O) groups is 2. The van der Waals surface area contributed by atoms with E-state index in [-0.39, 0.29) is 17.5 Å². The van der Waals surface area contributed by atoms with Crippen molar-refractivity contribution in [2.45, 2.75) is 13.0 Å². The third kappa shape index (κ3) is 5.12. The summed E-state index contributed by atoms with van der Waals surface area (Å²) < 4.78 is 6.16. The molecule has 0 atom stereocenters. The van der Waals surface area contributed by atoms with Crippen molar-refractivity contribution in [2.75, 3.05) is 5.32 Å². The Morgan fingerprint density at radius 2 is 2.00 bits per heavy atom.